The molecule has 0 bridgehead atoms. The minimum absolute atomic E-state index is 0.194. The third-order valence-electron chi connectivity index (χ3n) is 8.46. The van der Waals surface area contributed by atoms with E-state index in [4.69, 9.17) is 0 Å². The Bertz CT molecular complexity index is 1770. The maximum Gasteiger partial charge on any atom is 0.220 e. The van der Waals surface area contributed by atoms with E-state index in [-0.39, 0.29) is 5.92 Å². The maximum atomic E-state index is 4.58. The zero-order valence-electron chi connectivity index (χ0n) is 27.0. The summed E-state index contributed by atoms with van der Waals surface area (Å²) in [5, 5.41) is 0. The molecule has 2 nitrogen and oxygen atoms in total. The Kier molecular flexibility index (Phi) is 9.28. The molecule has 1 heterocycles. The van der Waals surface area contributed by atoms with Gasteiger partial charge in [-0.1, -0.05) is 115 Å². The van der Waals surface area contributed by atoms with Crippen molar-refractivity contribution in [1.82, 2.24) is 0 Å². The molecule has 0 saturated heterocycles. The highest BCUT2D eigenvalue weighted by atomic mass is 15.2. The lowest BCUT2D eigenvalue weighted by Crippen LogP contribution is -2.29. The van der Waals surface area contributed by atoms with E-state index in [0.29, 0.717) is 0 Å². The van der Waals surface area contributed by atoms with E-state index in [0.717, 1.165) is 46.0 Å². The van der Waals surface area contributed by atoms with Crippen molar-refractivity contribution in [2.75, 3.05) is 9.80 Å². The fourth-order valence-corrected chi connectivity index (χ4v) is 5.57. The summed E-state index contributed by atoms with van der Waals surface area (Å²) in [6.45, 7) is 21.4. The molecule has 0 N–H and O–H groups in total. The molecule has 219 valence electrons. The minimum Gasteiger partial charge on any atom is -0.324 e. The Hall–Kier alpha value is -4.72. The quantitative estimate of drug-likeness (QED) is 0.135. The number of fused-ring (bicyclic) bond motifs is 1. The van der Waals surface area contributed by atoms with Crippen LogP contribution < -0.4 is 15.3 Å². The summed E-state index contributed by atoms with van der Waals surface area (Å²) >= 11 is 0. The Balaban J connectivity index is 1.78. The van der Waals surface area contributed by atoms with Gasteiger partial charge in [-0.2, -0.15) is 0 Å². The van der Waals surface area contributed by atoms with E-state index in [2.05, 4.69) is 175 Å². The van der Waals surface area contributed by atoms with Crippen LogP contribution in [0.15, 0.2) is 156 Å². The van der Waals surface area contributed by atoms with Gasteiger partial charge in [0.15, 0.2) is 0 Å². The minimum atomic E-state index is 0.194. The number of nitrogens with zero attached hydrogens (tertiary/aromatic N) is 2. The van der Waals surface area contributed by atoms with Crippen molar-refractivity contribution in [2.24, 2.45) is 0 Å². The molecule has 1 unspecified atom stereocenters. The van der Waals surface area contributed by atoms with Crippen molar-refractivity contribution >= 4 is 29.8 Å². The molecule has 0 amide bonds. The van der Waals surface area contributed by atoms with Gasteiger partial charge >= 0.3 is 0 Å². The molecule has 0 aromatic heterocycles. The van der Waals surface area contributed by atoms with Crippen molar-refractivity contribution in [3.05, 3.63) is 172 Å². The van der Waals surface area contributed by atoms with Crippen molar-refractivity contribution in [1.29, 1.82) is 0 Å². The van der Waals surface area contributed by atoms with E-state index in [1.165, 1.54) is 33.3 Å². The summed E-state index contributed by atoms with van der Waals surface area (Å²) in [7, 11) is 2.31. The molecule has 3 aromatic carbocycles. The van der Waals surface area contributed by atoms with Crippen LogP contribution in [-0.2, 0) is 0 Å². The molecule has 1 atom stereocenters. The van der Waals surface area contributed by atoms with Crippen LogP contribution >= 0.6 is 0 Å². The topological polar surface area (TPSA) is 6.48 Å². The van der Waals surface area contributed by atoms with Crippen LogP contribution in [0.4, 0.5) is 17.1 Å². The molecule has 0 spiro atoms. The van der Waals surface area contributed by atoms with Crippen LogP contribution in [0.3, 0.4) is 0 Å². The molecule has 1 radical (unpaired) electrons. The first-order valence-corrected chi connectivity index (χ1v) is 15.4. The summed E-state index contributed by atoms with van der Waals surface area (Å²) in [4.78, 5) is 4.69. The lowest BCUT2D eigenvalue weighted by Gasteiger charge is -2.33. The Morgan fingerprint density at radius 1 is 0.977 bits per heavy atom. The lowest BCUT2D eigenvalue weighted by atomic mass is 9.67. The fraction of sp³-hybridized carbons (Fsp3) is 0.195. The van der Waals surface area contributed by atoms with Gasteiger partial charge in [0.25, 0.3) is 0 Å². The van der Waals surface area contributed by atoms with Gasteiger partial charge < -0.3 is 9.80 Å². The average Bonchev–Trinajstić information content (AvgIpc) is 3.40. The zero-order chi connectivity index (χ0) is 31.4. The van der Waals surface area contributed by atoms with Crippen LogP contribution in [0.1, 0.15) is 63.6 Å². The first-order valence-electron chi connectivity index (χ1n) is 15.4. The van der Waals surface area contributed by atoms with Crippen molar-refractivity contribution < 1.29 is 0 Å². The van der Waals surface area contributed by atoms with Crippen LogP contribution in [0.25, 0.3) is 0 Å². The largest absolute Gasteiger partial charge is 0.324 e. The highest BCUT2D eigenvalue weighted by Gasteiger charge is 2.33. The Morgan fingerprint density at radius 3 is 2.32 bits per heavy atom. The highest BCUT2D eigenvalue weighted by Crippen LogP contribution is 2.42. The van der Waals surface area contributed by atoms with E-state index in [1.807, 2.05) is 6.08 Å². The smallest absolute Gasteiger partial charge is 0.220 e. The monoisotopic (exact) mass is 573 g/mol. The van der Waals surface area contributed by atoms with E-state index < -0.39 is 0 Å². The predicted molar refractivity (Wildman–Crippen MR) is 192 cm³/mol. The summed E-state index contributed by atoms with van der Waals surface area (Å²) in [6.07, 6.45) is 13.5. The number of hydrogen-bond acceptors (Lipinski definition) is 2. The average molecular weight is 574 g/mol. The molecule has 1 aliphatic carbocycles. The Labute approximate surface area is 265 Å². The van der Waals surface area contributed by atoms with Crippen LogP contribution in [0.5, 0.6) is 0 Å². The van der Waals surface area contributed by atoms with Crippen molar-refractivity contribution in [3.63, 3.8) is 0 Å². The van der Waals surface area contributed by atoms with E-state index in [1.54, 1.807) is 0 Å². The summed E-state index contributed by atoms with van der Waals surface area (Å²) in [6, 6.07) is 24.3. The summed E-state index contributed by atoms with van der Waals surface area (Å²) < 4.78 is 0. The molecule has 44 heavy (non-hydrogen) atoms. The Morgan fingerprint density at radius 2 is 1.68 bits per heavy atom. The number of aryl methyl sites for hydroxylation is 1. The van der Waals surface area contributed by atoms with Crippen LogP contribution in [0.2, 0.25) is 0 Å². The van der Waals surface area contributed by atoms with Gasteiger partial charge in [0.1, 0.15) is 0 Å². The number of allylic oxidation sites excluding steroid dienone is 8. The first kappa shape index (κ1) is 30.7. The van der Waals surface area contributed by atoms with Gasteiger partial charge in [-0.3, -0.25) is 0 Å². The molecule has 5 rings (SSSR count). The normalized spacial score (nSPS) is 16.2. The second-order valence-corrected chi connectivity index (χ2v) is 11.8. The third-order valence-corrected chi connectivity index (χ3v) is 8.46. The molecule has 3 aromatic rings. The van der Waals surface area contributed by atoms with E-state index >= 15 is 0 Å². The van der Waals surface area contributed by atoms with Gasteiger partial charge in [-0.15, -0.1) is 0 Å². The van der Waals surface area contributed by atoms with Crippen molar-refractivity contribution in [2.45, 2.75) is 53.9 Å². The summed E-state index contributed by atoms with van der Waals surface area (Å²) in [5.41, 5.74) is 18.7. The molecular weight excluding hydrogens is 531 g/mol. The number of rotatable bonds is 10. The van der Waals surface area contributed by atoms with Gasteiger partial charge in [-0.05, 0) is 92.7 Å². The van der Waals surface area contributed by atoms with Gasteiger partial charge in [0, 0.05) is 35.1 Å². The standard InChI is InChI=1S/C41H42BN2/c1-9-28(3)16-20-32(7)43(37-24-31(6)25-37)38-26-35(33(8)34-14-12-11-13-15-34)27-39-41(38)42-40(23-19-29(4)10-2)44(39)36-21-17-30(5)18-22-36/h9-23,26-27,33H,2,7,24H2,1,3-6,8H3/b20-16-,28-9-,29-19-,40-23+. The zero-order valence-corrected chi connectivity index (χ0v) is 27.0. The van der Waals surface area contributed by atoms with E-state index in [9.17, 15) is 0 Å². The van der Waals surface area contributed by atoms with Gasteiger partial charge in [0.05, 0.1) is 5.70 Å². The molecule has 0 fully saturated rings. The fourth-order valence-electron chi connectivity index (χ4n) is 5.57. The SMILES string of the molecule is C=C/C(C)=C\C=C1/[B]c2c(N(C(=C)/C=C\C(C)=C/C)C3=C=C(C)C3)cc(C(C)c3ccccc3)cc2N1c1ccc(C)cc1. The lowest BCUT2D eigenvalue weighted by molar-refractivity contribution is 0.915. The maximum absolute atomic E-state index is 4.58. The number of anilines is 3. The van der Waals surface area contributed by atoms with Gasteiger partial charge in [0.2, 0.25) is 7.28 Å². The predicted octanol–water partition coefficient (Wildman–Crippen LogP) is 10.3. The third kappa shape index (κ3) is 6.44. The molecule has 3 heteroatoms. The molecule has 2 aliphatic rings. The molecule has 0 saturated carbocycles. The first-order chi connectivity index (χ1) is 21.2. The number of hydrogen-bond donors (Lipinski definition) is 0. The van der Waals surface area contributed by atoms with Gasteiger partial charge in [-0.25, -0.2) is 0 Å². The van der Waals surface area contributed by atoms with Crippen LogP contribution in [0, 0.1) is 6.92 Å². The highest BCUT2D eigenvalue weighted by molar-refractivity contribution is 6.68. The summed E-state index contributed by atoms with van der Waals surface area (Å²) in [5.74, 6) is 0.194. The second kappa shape index (κ2) is 13.3. The molecule has 1 aliphatic heterocycles. The second-order valence-electron chi connectivity index (χ2n) is 11.8. The van der Waals surface area contributed by atoms with Crippen molar-refractivity contribution in [3.8, 4) is 0 Å². The molecular formula is C41H42BN2. The van der Waals surface area contributed by atoms with Crippen LogP contribution in [-0.4, -0.2) is 7.28 Å². The number of benzene rings is 3.